The first-order valence-corrected chi connectivity index (χ1v) is 9.04. The summed E-state index contributed by atoms with van der Waals surface area (Å²) >= 11 is 0. The van der Waals surface area contributed by atoms with E-state index < -0.39 is 5.92 Å². The molecule has 0 unspecified atom stereocenters. The molecular formula is C23H15N3O3. The number of nitriles is 1. The van der Waals surface area contributed by atoms with Crippen LogP contribution in [-0.2, 0) is 0 Å². The first-order chi connectivity index (χ1) is 14.2. The largest absolute Gasteiger partial charge is 0.468 e. The molecule has 0 bridgehead atoms. The van der Waals surface area contributed by atoms with Crippen molar-refractivity contribution in [2.45, 2.75) is 5.92 Å². The Morgan fingerprint density at radius 3 is 2.48 bits per heavy atom. The van der Waals surface area contributed by atoms with Crippen LogP contribution in [0.2, 0.25) is 0 Å². The standard InChI is InChI=1S/C23H15N3O3/c24-13-16-19(18-11-6-12-28-18)20-21(29-22(16)25)15-9-4-5-10-17(15)26(23(20)27)14-7-2-1-3-8-14/h1-12,19H,25H2/t19-/m1/s1. The number of allylic oxidation sites excluding steroid dienone is 1. The van der Waals surface area contributed by atoms with Crippen LogP contribution in [-0.4, -0.2) is 4.57 Å². The lowest BCUT2D eigenvalue weighted by Gasteiger charge is -2.26. The van der Waals surface area contributed by atoms with Crippen molar-refractivity contribution in [3.8, 4) is 17.5 Å². The van der Waals surface area contributed by atoms with Crippen LogP contribution in [0.5, 0.6) is 5.75 Å². The van der Waals surface area contributed by atoms with Gasteiger partial charge < -0.3 is 14.9 Å². The van der Waals surface area contributed by atoms with Gasteiger partial charge in [0.15, 0.2) is 0 Å². The average Bonchev–Trinajstić information content (AvgIpc) is 3.28. The Labute approximate surface area is 165 Å². The maximum atomic E-state index is 13.8. The van der Waals surface area contributed by atoms with Crippen molar-refractivity contribution in [2.24, 2.45) is 5.73 Å². The Morgan fingerprint density at radius 1 is 1.00 bits per heavy atom. The molecule has 0 radical (unpaired) electrons. The number of rotatable bonds is 2. The molecule has 1 atom stereocenters. The van der Waals surface area contributed by atoms with Crippen molar-refractivity contribution in [1.82, 2.24) is 4.57 Å². The predicted octanol–water partition coefficient (Wildman–Crippen LogP) is 3.80. The maximum Gasteiger partial charge on any atom is 0.263 e. The summed E-state index contributed by atoms with van der Waals surface area (Å²) in [5, 5.41) is 10.5. The van der Waals surface area contributed by atoms with Gasteiger partial charge in [-0.05, 0) is 36.4 Å². The van der Waals surface area contributed by atoms with Crippen LogP contribution in [0.4, 0.5) is 0 Å². The molecule has 2 aromatic carbocycles. The van der Waals surface area contributed by atoms with Gasteiger partial charge in [0.25, 0.3) is 5.56 Å². The number of ether oxygens (including phenoxy) is 1. The van der Waals surface area contributed by atoms with E-state index in [0.717, 1.165) is 11.1 Å². The molecule has 2 aromatic heterocycles. The van der Waals surface area contributed by atoms with Gasteiger partial charge in [-0.2, -0.15) is 5.26 Å². The summed E-state index contributed by atoms with van der Waals surface area (Å²) < 4.78 is 13.0. The van der Waals surface area contributed by atoms with E-state index in [-0.39, 0.29) is 17.0 Å². The van der Waals surface area contributed by atoms with E-state index in [1.165, 1.54) is 6.26 Å². The number of benzene rings is 2. The zero-order chi connectivity index (χ0) is 20.0. The molecule has 0 saturated heterocycles. The third-order valence-electron chi connectivity index (χ3n) is 5.09. The second-order valence-electron chi connectivity index (χ2n) is 6.68. The number of hydrogen-bond acceptors (Lipinski definition) is 5. The summed E-state index contributed by atoms with van der Waals surface area (Å²) in [5.74, 6) is 0.0472. The summed E-state index contributed by atoms with van der Waals surface area (Å²) in [6.45, 7) is 0. The third-order valence-corrected chi connectivity index (χ3v) is 5.09. The molecule has 2 N–H and O–H groups in total. The van der Waals surface area contributed by atoms with E-state index in [1.54, 1.807) is 16.7 Å². The van der Waals surface area contributed by atoms with Gasteiger partial charge in [0.1, 0.15) is 23.2 Å². The second-order valence-corrected chi connectivity index (χ2v) is 6.68. The summed E-state index contributed by atoms with van der Waals surface area (Å²) in [6, 6.07) is 22.3. The highest BCUT2D eigenvalue weighted by Gasteiger charge is 2.37. The van der Waals surface area contributed by atoms with E-state index in [4.69, 9.17) is 14.9 Å². The highest BCUT2D eigenvalue weighted by Crippen LogP contribution is 2.43. The number of nitrogens with two attached hydrogens (primary N) is 1. The van der Waals surface area contributed by atoms with Crippen LogP contribution >= 0.6 is 0 Å². The zero-order valence-electron chi connectivity index (χ0n) is 15.2. The molecular weight excluding hydrogens is 366 g/mol. The molecule has 5 rings (SSSR count). The first kappa shape index (κ1) is 16.9. The van der Waals surface area contributed by atoms with Crippen LogP contribution in [0.15, 0.2) is 93.7 Å². The molecule has 0 spiro atoms. The molecule has 140 valence electrons. The van der Waals surface area contributed by atoms with Gasteiger partial charge in [0.05, 0.1) is 23.3 Å². The third kappa shape index (κ3) is 2.45. The molecule has 6 heteroatoms. The smallest absolute Gasteiger partial charge is 0.263 e. The normalized spacial score (nSPS) is 15.6. The average molecular weight is 381 g/mol. The maximum absolute atomic E-state index is 13.8. The van der Waals surface area contributed by atoms with Crippen molar-refractivity contribution in [3.63, 3.8) is 0 Å². The summed E-state index contributed by atoms with van der Waals surface area (Å²) in [5.41, 5.74) is 7.68. The molecule has 1 aliphatic heterocycles. The number of hydrogen-bond donors (Lipinski definition) is 1. The fourth-order valence-electron chi connectivity index (χ4n) is 3.84. The Morgan fingerprint density at radius 2 is 1.76 bits per heavy atom. The first-order valence-electron chi connectivity index (χ1n) is 9.04. The number of pyridine rings is 1. The number of furan rings is 1. The number of para-hydroxylation sites is 2. The minimum atomic E-state index is -0.745. The number of nitrogens with zero attached hydrogens (tertiary/aromatic N) is 2. The van der Waals surface area contributed by atoms with E-state index in [0.29, 0.717) is 22.6 Å². The van der Waals surface area contributed by atoms with E-state index >= 15 is 0 Å². The van der Waals surface area contributed by atoms with Crippen LogP contribution in [0.25, 0.3) is 16.6 Å². The van der Waals surface area contributed by atoms with E-state index in [9.17, 15) is 10.1 Å². The van der Waals surface area contributed by atoms with E-state index in [1.807, 2.05) is 54.6 Å². The van der Waals surface area contributed by atoms with E-state index in [2.05, 4.69) is 6.07 Å². The molecule has 0 saturated carbocycles. The summed E-state index contributed by atoms with van der Waals surface area (Å²) in [4.78, 5) is 13.8. The van der Waals surface area contributed by atoms with Crippen LogP contribution < -0.4 is 16.0 Å². The highest BCUT2D eigenvalue weighted by atomic mass is 16.5. The summed E-state index contributed by atoms with van der Waals surface area (Å²) in [6.07, 6.45) is 1.51. The Balaban J connectivity index is 1.95. The predicted molar refractivity (Wildman–Crippen MR) is 108 cm³/mol. The lowest BCUT2D eigenvalue weighted by atomic mass is 9.87. The number of fused-ring (bicyclic) bond motifs is 3. The van der Waals surface area contributed by atoms with Gasteiger partial charge in [-0.25, -0.2) is 0 Å². The van der Waals surface area contributed by atoms with Crippen molar-refractivity contribution >= 4 is 10.9 Å². The molecule has 1 aliphatic rings. The van der Waals surface area contributed by atoms with Gasteiger partial charge >= 0.3 is 0 Å². The van der Waals surface area contributed by atoms with Crippen LogP contribution in [0, 0.1) is 11.3 Å². The minimum Gasteiger partial charge on any atom is -0.468 e. The van der Waals surface area contributed by atoms with Crippen molar-refractivity contribution in [2.75, 3.05) is 0 Å². The Bertz CT molecular complexity index is 1360. The SMILES string of the molecule is N#CC1=C(N)Oc2c(c(=O)n(-c3ccccc3)c3ccccc23)[C@H]1c1ccco1. The fourth-order valence-corrected chi connectivity index (χ4v) is 3.84. The molecule has 6 nitrogen and oxygen atoms in total. The zero-order valence-corrected chi connectivity index (χ0v) is 15.2. The minimum absolute atomic E-state index is 0.0246. The monoisotopic (exact) mass is 381 g/mol. The van der Waals surface area contributed by atoms with Gasteiger partial charge in [-0.3, -0.25) is 9.36 Å². The lowest BCUT2D eigenvalue weighted by molar-refractivity contribution is 0.386. The summed E-state index contributed by atoms with van der Waals surface area (Å²) in [7, 11) is 0. The van der Waals surface area contributed by atoms with Crippen LogP contribution in [0.1, 0.15) is 17.2 Å². The molecule has 29 heavy (non-hydrogen) atoms. The molecule has 4 aromatic rings. The highest BCUT2D eigenvalue weighted by molar-refractivity contribution is 5.89. The van der Waals surface area contributed by atoms with Gasteiger partial charge in [0.2, 0.25) is 5.88 Å². The number of aromatic nitrogens is 1. The quantitative estimate of drug-likeness (QED) is 0.570. The lowest BCUT2D eigenvalue weighted by Crippen LogP contribution is -2.31. The molecule has 0 fully saturated rings. The molecule has 0 amide bonds. The topological polar surface area (TPSA) is 94.2 Å². The van der Waals surface area contributed by atoms with Gasteiger partial charge in [0, 0.05) is 11.1 Å². The molecule has 0 aliphatic carbocycles. The van der Waals surface area contributed by atoms with Gasteiger partial charge in [-0.15, -0.1) is 0 Å². The Kier molecular flexibility index (Phi) is 3.75. The van der Waals surface area contributed by atoms with Crippen molar-refractivity contribution < 1.29 is 9.15 Å². The Hall–Kier alpha value is -4.24. The van der Waals surface area contributed by atoms with Crippen molar-refractivity contribution in [1.29, 1.82) is 5.26 Å². The fraction of sp³-hybridized carbons (Fsp3) is 0.0435. The van der Waals surface area contributed by atoms with Crippen LogP contribution in [0.3, 0.4) is 0 Å². The second kappa shape index (κ2) is 6.43. The van der Waals surface area contributed by atoms with Gasteiger partial charge in [-0.1, -0.05) is 30.3 Å². The van der Waals surface area contributed by atoms with Crippen molar-refractivity contribution in [3.05, 3.63) is 106 Å². The molecule has 3 heterocycles.